The van der Waals surface area contributed by atoms with Crippen molar-refractivity contribution in [2.75, 3.05) is 0 Å². The van der Waals surface area contributed by atoms with Crippen molar-refractivity contribution < 1.29 is 14.7 Å². The van der Waals surface area contributed by atoms with Gasteiger partial charge < -0.3 is 10.4 Å². The van der Waals surface area contributed by atoms with Crippen LogP contribution in [-0.4, -0.2) is 23.5 Å². The second-order valence-electron chi connectivity index (χ2n) is 3.72. The maximum atomic E-state index is 10.8. The average molecular weight is 221 g/mol. The quantitative estimate of drug-likeness (QED) is 0.713. The number of hydrogen-bond acceptors (Lipinski definition) is 2. The largest absolute Gasteiger partial charge is 0.480 e. The fourth-order valence-corrected chi connectivity index (χ4v) is 1.59. The summed E-state index contributed by atoms with van der Waals surface area (Å²) in [6, 6.07) is 8.81. The van der Waals surface area contributed by atoms with Crippen LogP contribution in [0.25, 0.3) is 0 Å². The molecule has 16 heavy (non-hydrogen) atoms. The third-order valence-corrected chi connectivity index (χ3v) is 2.53. The maximum Gasteiger partial charge on any atom is 0.326 e. The van der Waals surface area contributed by atoms with E-state index in [2.05, 4.69) is 5.32 Å². The number of carboxylic acids is 1. The van der Waals surface area contributed by atoms with E-state index in [-0.39, 0.29) is 5.92 Å². The van der Waals surface area contributed by atoms with Gasteiger partial charge in [-0.3, -0.25) is 4.79 Å². The summed E-state index contributed by atoms with van der Waals surface area (Å²) in [5.74, 6) is -0.912. The highest BCUT2D eigenvalue weighted by Gasteiger charge is 2.20. The highest BCUT2D eigenvalue weighted by molar-refractivity contribution is 5.76. The Labute approximate surface area is 94.3 Å². The zero-order valence-corrected chi connectivity index (χ0v) is 9.09. The van der Waals surface area contributed by atoms with E-state index in [9.17, 15) is 9.59 Å². The van der Waals surface area contributed by atoms with Crippen molar-refractivity contribution in [1.82, 2.24) is 5.32 Å². The number of rotatable bonds is 6. The van der Waals surface area contributed by atoms with Gasteiger partial charge in [0.15, 0.2) is 0 Å². The average Bonchev–Trinajstić information content (AvgIpc) is 2.29. The molecule has 4 heteroatoms. The Morgan fingerprint density at radius 3 is 2.56 bits per heavy atom. The van der Waals surface area contributed by atoms with Gasteiger partial charge in [-0.2, -0.15) is 0 Å². The molecule has 0 aliphatic rings. The summed E-state index contributed by atoms with van der Waals surface area (Å²) in [6.45, 7) is 1.94. The molecule has 0 aromatic heterocycles. The molecule has 0 spiro atoms. The molecule has 0 aliphatic carbocycles. The minimum atomic E-state index is -1.00. The van der Waals surface area contributed by atoms with Crippen molar-refractivity contribution in [2.24, 2.45) is 0 Å². The van der Waals surface area contributed by atoms with Crippen LogP contribution in [-0.2, 0) is 9.59 Å². The van der Waals surface area contributed by atoms with E-state index < -0.39 is 12.0 Å². The molecule has 1 rings (SSSR count). The molecule has 0 bridgehead atoms. The van der Waals surface area contributed by atoms with Crippen molar-refractivity contribution in [3.63, 3.8) is 0 Å². The van der Waals surface area contributed by atoms with Crippen LogP contribution in [0.5, 0.6) is 0 Å². The SMILES string of the molecule is CC(CC(NC=O)C(=O)O)c1ccccc1. The van der Waals surface area contributed by atoms with Gasteiger partial charge >= 0.3 is 5.97 Å². The molecule has 0 heterocycles. The van der Waals surface area contributed by atoms with Crippen LogP contribution in [0.15, 0.2) is 30.3 Å². The van der Waals surface area contributed by atoms with Crippen molar-refractivity contribution in [2.45, 2.75) is 25.3 Å². The predicted molar refractivity (Wildman–Crippen MR) is 60.1 cm³/mol. The number of amides is 1. The second kappa shape index (κ2) is 5.90. The summed E-state index contributed by atoms with van der Waals surface area (Å²) in [5, 5.41) is 11.2. The van der Waals surface area contributed by atoms with Gasteiger partial charge in [0.2, 0.25) is 6.41 Å². The number of carbonyl (C=O) groups excluding carboxylic acids is 1. The second-order valence-corrected chi connectivity index (χ2v) is 3.72. The first kappa shape index (κ1) is 12.2. The normalized spacial score (nSPS) is 13.8. The number of carboxylic acid groups (broad SMARTS) is 1. The lowest BCUT2D eigenvalue weighted by Crippen LogP contribution is -2.36. The minimum absolute atomic E-state index is 0.0924. The Hall–Kier alpha value is -1.84. The summed E-state index contributed by atoms with van der Waals surface area (Å²) in [7, 11) is 0. The van der Waals surface area contributed by atoms with E-state index in [1.54, 1.807) is 0 Å². The molecule has 2 atom stereocenters. The lowest BCUT2D eigenvalue weighted by Gasteiger charge is -2.17. The van der Waals surface area contributed by atoms with Crippen LogP contribution < -0.4 is 5.32 Å². The molecule has 0 radical (unpaired) electrons. The molecule has 1 aromatic rings. The van der Waals surface area contributed by atoms with Gasteiger partial charge in [0, 0.05) is 0 Å². The maximum absolute atomic E-state index is 10.8. The number of benzene rings is 1. The van der Waals surface area contributed by atoms with Gasteiger partial charge in [-0.15, -0.1) is 0 Å². The van der Waals surface area contributed by atoms with Gasteiger partial charge in [-0.25, -0.2) is 4.79 Å². The first-order chi connectivity index (χ1) is 7.65. The first-order valence-corrected chi connectivity index (χ1v) is 5.12. The number of nitrogens with one attached hydrogen (secondary N) is 1. The lowest BCUT2D eigenvalue weighted by molar-refractivity contribution is -0.140. The van der Waals surface area contributed by atoms with Crippen LogP contribution in [0.4, 0.5) is 0 Å². The summed E-state index contributed by atoms with van der Waals surface area (Å²) in [5.41, 5.74) is 1.07. The van der Waals surface area contributed by atoms with Crippen LogP contribution in [0.1, 0.15) is 24.8 Å². The van der Waals surface area contributed by atoms with Gasteiger partial charge in [0.25, 0.3) is 0 Å². The van der Waals surface area contributed by atoms with E-state index in [1.807, 2.05) is 37.3 Å². The summed E-state index contributed by atoms with van der Waals surface area (Å²) >= 11 is 0. The van der Waals surface area contributed by atoms with Crippen LogP contribution >= 0.6 is 0 Å². The molecule has 0 saturated heterocycles. The summed E-state index contributed by atoms with van der Waals surface area (Å²) < 4.78 is 0. The Balaban J connectivity index is 2.65. The van der Waals surface area contributed by atoms with Crippen LogP contribution in [0, 0.1) is 0 Å². The van der Waals surface area contributed by atoms with Crippen LogP contribution in [0.2, 0.25) is 0 Å². The van der Waals surface area contributed by atoms with Gasteiger partial charge in [0.05, 0.1) is 0 Å². The summed E-state index contributed by atoms with van der Waals surface area (Å²) in [4.78, 5) is 21.1. The molecule has 2 N–H and O–H groups in total. The lowest BCUT2D eigenvalue weighted by atomic mass is 9.94. The zero-order chi connectivity index (χ0) is 12.0. The number of hydrogen-bond donors (Lipinski definition) is 2. The third kappa shape index (κ3) is 3.38. The first-order valence-electron chi connectivity index (χ1n) is 5.12. The molecule has 4 nitrogen and oxygen atoms in total. The fraction of sp³-hybridized carbons (Fsp3) is 0.333. The molecule has 1 aromatic carbocycles. The van der Waals surface area contributed by atoms with Crippen molar-refractivity contribution >= 4 is 12.4 Å². The molecular formula is C12H15NO3. The van der Waals surface area contributed by atoms with Gasteiger partial charge in [-0.05, 0) is 17.9 Å². The van der Waals surface area contributed by atoms with Crippen molar-refractivity contribution in [3.05, 3.63) is 35.9 Å². The highest BCUT2D eigenvalue weighted by Crippen LogP contribution is 2.20. The topological polar surface area (TPSA) is 66.4 Å². The Bertz CT molecular complexity index is 351. The van der Waals surface area contributed by atoms with E-state index in [4.69, 9.17) is 5.11 Å². The number of carbonyl (C=O) groups is 2. The number of aliphatic carboxylic acids is 1. The molecule has 0 fully saturated rings. The zero-order valence-electron chi connectivity index (χ0n) is 9.09. The molecular weight excluding hydrogens is 206 g/mol. The Morgan fingerprint density at radius 2 is 2.06 bits per heavy atom. The smallest absolute Gasteiger partial charge is 0.326 e. The molecule has 2 unspecified atom stereocenters. The van der Waals surface area contributed by atoms with Crippen molar-refractivity contribution in [3.8, 4) is 0 Å². The molecule has 0 saturated carbocycles. The monoisotopic (exact) mass is 221 g/mol. The van der Waals surface area contributed by atoms with Gasteiger partial charge in [-0.1, -0.05) is 37.3 Å². The standard InChI is InChI=1S/C12H15NO3/c1-9(10-5-3-2-4-6-10)7-11(12(15)16)13-8-14/h2-6,8-9,11H,7H2,1H3,(H,13,14)(H,15,16). The highest BCUT2D eigenvalue weighted by atomic mass is 16.4. The van der Waals surface area contributed by atoms with E-state index >= 15 is 0 Å². The van der Waals surface area contributed by atoms with E-state index in [0.717, 1.165) is 5.56 Å². The predicted octanol–water partition coefficient (Wildman–Crippen LogP) is 1.38. The van der Waals surface area contributed by atoms with Crippen molar-refractivity contribution in [1.29, 1.82) is 0 Å². The third-order valence-electron chi connectivity index (χ3n) is 2.53. The minimum Gasteiger partial charge on any atom is -0.480 e. The van der Waals surface area contributed by atoms with Crippen LogP contribution in [0.3, 0.4) is 0 Å². The molecule has 86 valence electrons. The van der Waals surface area contributed by atoms with E-state index in [0.29, 0.717) is 12.8 Å². The van der Waals surface area contributed by atoms with Gasteiger partial charge in [0.1, 0.15) is 6.04 Å². The van der Waals surface area contributed by atoms with E-state index in [1.165, 1.54) is 0 Å². The Kier molecular flexibility index (Phi) is 4.51. The fourth-order valence-electron chi connectivity index (χ4n) is 1.59. The summed E-state index contributed by atoms with van der Waals surface area (Å²) in [6.07, 6.45) is 0.814. The molecule has 1 amide bonds. The molecule has 0 aliphatic heterocycles. The Morgan fingerprint density at radius 1 is 1.44 bits per heavy atom.